The van der Waals surface area contributed by atoms with Gasteiger partial charge in [-0.05, 0) is 17.7 Å². The smallest absolute Gasteiger partial charge is 0.357 e. The highest BCUT2D eigenvalue weighted by Gasteiger charge is 2.10. The fourth-order valence-electron chi connectivity index (χ4n) is 1.50. The molecule has 4 nitrogen and oxygen atoms in total. The number of rotatable bonds is 4. The zero-order valence-electron chi connectivity index (χ0n) is 10.2. The van der Waals surface area contributed by atoms with E-state index in [2.05, 4.69) is 4.98 Å². The normalized spacial score (nSPS) is 10.2. The van der Waals surface area contributed by atoms with E-state index in [4.69, 9.17) is 10.5 Å². The summed E-state index contributed by atoms with van der Waals surface area (Å²) >= 11 is 0. The van der Waals surface area contributed by atoms with Crippen molar-refractivity contribution in [1.29, 1.82) is 0 Å². The summed E-state index contributed by atoms with van der Waals surface area (Å²) < 4.78 is 18.3. The van der Waals surface area contributed by atoms with E-state index in [0.717, 1.165) is 5.56 Å². The van der Waals surface area contributed by atoms with Crippen LogP contribution in [0.5, 0.6) is 0 Å². The van der Waals surface area contributed by atoms with Crippen molar-refractivity contribution >= 4 is 5.97 Å². The van der Waals surface area contributed by atoms with Crippen molar-refractivity contribution < 1.29 is 13.9 Å². The summed E-state index contributed by atoms with van der Waals surface area (Å²) in [6.07, 6.45) is 1.51. The van der Waals surface area contributed by atoms with Crippen molar-refractivity contribution in [2.45, 2.75) is 13.2 Å². The number of benzene rings is 1. The number of aromatic nitrogens is 1. The molecule has 1 heterocycles. The lowest BCUT2D eigenvalue weighted by Crippen LogP contribution is -2.09. The molecule has 0 aliphatic heterocycles. The second-order valence-corrected chi connectivity index (χ2v) is 3.92. The van der Waals surface area contributed by atoms with Gasteiger partial charge >= 0.3 is 5.97 Å². The van der Waals surface area contributed by atoms with Gasteiger partial charge in [-0.3, -0.25) is 0 Å². The number of hydrogen-bond donors (Lipinski definition) is 1. The van der Waals surface area contributed by atoms with Crippen LogP contribution in [0, 0.1) is 5.82 Å². The first-order chi connectivity index (χ1) is 9.20. The number of hydrogen-bond acceptors (Lipinski definition) is 4. The fraction of sp³-hybridized carbons (Fsp3) is 0.143. The SMILES string of the molecule is NCc1ccc(C(=O)OCc2ccccc2F)nc1. The minimum atomic E-state index is -0.591. The number of halogens is 1. The van der Waals surface area contributed by atoms with Crippen molar-refractivity contribution in [3.63, 3.8) is 0 Å². The predicted molar refractivity (Wildman–Crippen MR) is 67.6 cm³/mol. The standard InChI is InChI=1S/C14H13FN2O2/c15-12-4-2-1-3-11(12)9-19-14(18)13-6-5-10(7-16)8-17-13/h1-6,8H,7,9,16H2. The van der Waals surface area contributed by atoms with Crippen LogP contribution in [0.25, 0.3) is 0 Å². The van der Waals surface area contributed by atoms with E-state index in [-0.39, 0.29) is 12.3 Å². The van der Waals surface area contributed by atoms with Crippen LogP contribution in [0.15, 0.2) is 42.6 Å². The molecular weight excluding hydrogens is 247 g/mol. The van der Waals surface area contributed by atoms with Gasteiger partial charge in [0.05, 0.1) is 0 Å². The maximum atomic E-state index is 13.3. The molecule has 2 N–H and O–H groups in total. The highest BCUT2D eigenvalue weighted by atomic mass is 19.1. The molecule has 2 rings (SSSR count). The maximum Gasteiger partial charge on any atom is 0.357 e. The summed E-state index contributed by atoms with van der Waals surface area (Å²) in [5.74, 6) is -0.992. The molecule has 0 amide bonds. The van der Waals surface area contributed by atoms with Gasteiger partial charge in [0.25, 0.3) is 0 Å². The Morgan fingerprint density at radius 1 is 1.26 bits per heavy atom. The van der Waals surface area contributed by atoms with Crippen LogP contribution in [0.3, 0.4) is 0 Å². The Kier molecular flexibility index (Phi) is 4.20. The van der Waals surface area contributed by atoms with Gasteiger partial charge in [0, 0.05) is 18.3 Å². The van der Waals surface area contributed by atoms with E-state index in [0.29, 0.717) is 12.1 Å². The lowest BCUT2D eigenvalue weighted by Gasteiger charge is -2.05. The van der Waals surface area contributed by atoms with Crippen LogP contribution < -0.4 is 5.73 Å². The topological polar surface area (TPSA) is 65.2 Å². The van der Waals surface area contributed by atoms with Crippen molar-refractivity contribution in [3.05, 3.63) is 65.2 Å². The van der Waals surface area contributed by atoms with Gasteiger partial charge in [-0.2, -0.15) is 0 Å². The summed E-state index contributed by atoms with van der Waals surface area (Å²) in [4.78, 5) is 15.6. The van der Waals surface area contributed by atoms with Crippen molar-refractivity contribution in [3.8, 4) is 0 Å². The molecule has 0 aliphatic rings. The zero-order chi connectivity index (χ0) is 13.7. The van der Waals surface area contributed by atoms with Crippen LogP contribution in [-0.4, -0.2) is 11.0 Å². The average molecular weight is 260 g/mol. The molecular formula is C14H13FN2O2. The van der Waals surface area contributed by atoms with E-state index < -0.39 is 11.8 Å². The number of carbonyl (C=O) groups is 1. The van der Waals surface area contributed by atoms with E-state index in [9.17, 15) is 9.18 Å². The van der Waals surface area contributed by atoms with E-state index >= 15 is 0 Å². The first-order valence-corrected chi connectivity index (χ1v) is 5.76. The lowest BCUT2D eigenvalue weighted by atomic mass is 10.2. The summed E-state index contributed by atoms with van der Waals surface area (Å²) in [6, 6.07) is 9.37. The predicted octanol–water partition coefficient (Wildman–Crippen LogP) is 2.04. The Morgan fingerprint density at radius 3 is 2.68 bits per heavy atom. The number of pyridine rings is 1. The molecule has 5 heteroatoms. The van der Waals surface area contributed by atoms with Crippen molar-refractivity contribution in [2.24, 2.45) is 5.73 Å². The van der Waals surface area contributed by atoms with Gasteiger partial charge < -0.3 is 10.5 Å². The quantitative estimate of drug-likeness (QED) is 0.854. The minimum absolute atomic E-state index is 0.119. The number of carbonyl (C=O) groups excluding carboxylic acids is 1. The largest absolute Gasteiger partial charge is 0.456 e. The van der Waals surface area contributed by atoms with Crippen LogP contribution in [0.2, 0.25) is 0 Å². The number of esters is 1. The second-order valence-electron chi connectivity index (χ2n) is 3.92. The molecule has 0 unspecified atom stereocenters. The average Bonchev–Trinajstić information content (AvgIpc) is 2.46. The summed E-state index contributed by atoms with van der Waals surface area (Å²) in [6.45, 7) is 0.239. The first kappa shape index (κ1) is 13.2. The second kappa shape index (κ2) is 6.06. The van der Waals surface area contributed by atoms with Gasteiger partial charge in [0.1, 0.15) is 18.1 Å². The van der Waals surface area contributed by atoms with Gasteiger partial charge in [0.15, 0.2) is 0 Å². The Hall–Kier alpha value is -2.27. The van der Waals surface area contributed by atoms with Crippen LogP contribution in [-0.2, 0) is 17.9 Å². The molecule has 0 spiro atoms. The molecule has 2 aromatic rings. The van der Waals surface area contributed by atoms with E-state index in [1.54, 1.807) is 24.3 Å². The first-order valence-electron chi connectivity index (χ1n) is 5.76. The molecule has 1 aromatic heterocycles. The number of nitrogens with two attached hydrogens (primary N) is 1. The van der Waals surface area contributed by atoms with Gasteiger partial charge in [-0.1, -0.05) is 24.3 Å². The van der Waals surface area contributed by atoms with E-state index in [1.807, 2.05) is 0 Å². The Morgan fingerprint density at radius 2 is 2.05 bits per heavy atom. The van der Waals surface area contributed by atoms with E-state index in [1.165, 1.54) is 18.3 Å². The Balaban J connectivity index is 1.99. The van der Waals surface area contributed by atoms with Crippen molar-refractivity contribution in [2.75, 3.05) is 0 Å². The van der Waals surface area contributed by atoms with Crippen LogP contribution in [0.1, 0.15) is 21.6 Å². The third-order valence-corrected chi connectivity index (χ3v) is 2.59. The van der Waals surface area contributed by atoms with Gasteiger partial charge in [-0.15, -0.1) is 0 Å². The molecule has 0 saturated heterocycles. The Labute approximate surface area is 110 Å². The lowest BCUT2D eigenvalue weighted by molar-refractivity contribution is 0.0462. The third kappa shape index (κ3) is 3.35. The fourth-order valence-corrected chi connectivity index (χ4v) is 1.50. The van der Waals surface area contributed by atoms with Crippen LogP contribution in [0.4, 0.5) is 4.39 Å². The number of nitrogens with zero attached hydrogens (tertiary/aromatic N) is 1. The molecule has 0 saturated carbocycles. The summed E-state index contributed by atoms with van der Waals surface area (Å²) in [7, 11) is 0. The summed E-state index contributed by atoms with van der Waals surface area (Å²) in [5, 5.41) is 0. The van der Waals surface area contributed by atoms with Crippen LogP contribution >= 0.6 is 0 Å². The summed E-state index contributed by atoms with van der Waals surface area (Å²) in [5.41, 5.74) is 6.76. The molecule has 0 fully saturated rings. The molecule has 1 aromatic carbocycles. The Bertz CT molecular complexity index is 570. The highest BCUT2D eigenvalue weighted by molar-refractivity contribution is 5.87. The molecule has 0 atom stereocenters. The molecule has 0 aliphatic carbocycles. The van der Waals surface area contributed by atoms with Gasteiger partial charge in [-0.25, -0.2) is 14.2 Å². The van der Waals surface area contributed by atoms with Gasteiger partial charge in [0.2, 0.25) is 0 Å². The highest BCUT2D eigenvalue weighted by Crippen LogP contribution is 2.09. The molecule has 98 valence electrons. The third-order valence-electron chi connectivity index (χ3n) is 2.59. The zero-order valence-corrected chi connectivity index (χ0v) is 10.2. The molecule has 0 bridgehead atoms. The maximum absolute atomic E-state index is 13.3. The van der Waals surface area contributed by atoms with Crippen molar-refractivity contribution in [1.82, 2.24) is 4.98 Å². The molecule has 19 heavy (non-hydrogen) atoms. The minimum Gasteiger partial charge on any atom is -0.456 e. The number of ether oxygens (including phenoxy) is 1. The molecule has 0 radical (unpaired) electrons. The monoisotopic (exact) mass is 260 g/mol.